The third kappa shape index (κ3) is 3.79. The summed E-state index contributed by atoms with van der Waals surface area (Å²) >= 11 is 1.66. The summed E-state index contributed by atoms with van der Waals surface area (Å²) < 4.78 is 7.49. The second-order valence-electron chi connectivity index (χ2n) is 7.01. The highest BCUT2D eigenvalue weighted by Crippen LogP contribution is 2.43. The number of Topliss-reactive ketones (excluding diaryl/α,β-unsaturated/α-hetero) is 1. The van der Waals surface area contributed by atoms with Crippen molar-refractivity contribution in [2.45, 2.75) is 23.8 Å². The maximum Gasteiger partial charge on any atom is 0.162 e. The molecular weight excluding hydrogens is 390 g/mol. The van der Waals surface area contributed by atoms with Crippen LogP contribution in [0.4, 0.5) is 0 Å². The SMILES string of the molecule is COc1ccc(Sc2c(-c3ccccc3)c(C(C)=O)c(C)n2-c2ccccc2)cc1. The second-order valence-corrected chi connectivity index (χ2v) is 8.07. The Bertz CT molecular complexity index is 1160. The summed E-state index contributed by atoms with van der Waals surface area (Å²) in [5, 5.41) is 1.03. The number of aromatic nitrogens is 1. The zero-order chi connectivity index (χ0) is 21.1. The zero-order valence-electron chi connectivity index (χ0n) is 17.3. The van der Waals surface area contributed by atoms with E-state index < -0.39 is 0 Å². The van der Waals surface area contributed by atoms with Crippen LogP contribution in [0.15, 0.2) is 94.9 Å². The first-order valence-corrected chi connectivity index (χ1v) is 10.6. The van der Waals surface area contributed by atoms with Gasteiger partial charge in [-0.3, -0.25) is 4.79 Å². The largest absolute Gasteiger partial charge is 0.497 e. The van der Waals surface area contributed by atoms with Crippen LogP contribution in [0, 0.1) is 6.92 Å². The molecule has 0 fully saturated rings. The van der Waals surface area contributed by atoms with Gasteiger partial charge in [-0.2, -0.15) is 0 Å². The molecule has 0 saturated heterocycles. The monoisotopic (exact) mass is 413 g/mol. The minimum atomic E-state index is 0.0672. The Morgan fingerprint density at radius 3 is 2.03 bits per heavy atom. The first-order valence-electron chi connectivity index (χ1n) is 9.79. The number of ketones is 1. The van der Waals surface area contributed by atoms with E-state index in [-0.39, 0.29) is 5.78 Å². The predicted molar refractivity (Wildman–Crippen MR) is 123 cm³/mol. The molecule has 30 heavy (non-hydrogen) atoms. The molecule has 0 unspecified atom stereocenters. The summed E-state index contributed by atoms with van der Waals surface area (Å²) in [5.74, 6) is 0.888. The molecule has 0 bridgehead atoms. The van der Waals surface area contributed by atoms with Gasteiger partial charge in [0.2, 0.25) is 0 Å². The molecule has 4 aromatic rings. The number of hydrogen-bond acceptors (Lipinski definition) is 3. The minimum absolute atomic E-state index is 0.0672. The maximum absolute atomic E-state index is 12.8. The first kappa shape index (κ1) is 20.0. The molecule has 0 N–H and O–H groups in total. The first-order chi connectivity index (χ1) is 14.6. The summed E-state index contributed by atoms with van der Waals surface area (Å²) in [7, 11) is 1.67. The smallest absolute Gasteiger partial charge is 0.162 e. The van der Waals surface area contributed by atoms with Gasteiger partial charge in [-0.1, -0.05) is 60.3 Å². The number of carbonyl (C=O) groups excluding carboxylic acids is 1. The molecule has 1 aromatic heterocycles. The van der Waals surface area contributed by atoms with Gasteiger partial charge in [-0.25, -0.2) is 0 Å². The third-order valence-electron chi connectivity index (χ3n) is 5.07. The number of rotatable bonds is 6. The number of ether oxygens (including phenoxy) is 1. The second kappa shape index (κ2) is 8.64. The number of methoxy groups -OCH3 is 1. The summed E-state index contributed by atoms with van der Waals surface area (Å²) in [6.07, 6.45) is 0. The van der Waals surface area contributed by atoms with Crippen molar-refractivity contribution in [1.29, 1.82) is 0 Å². The normalized spacial score (nSPS) is 10.8. The van der Waals surface area contributed by atoms with Gasteiger partial charge in [-0.05, 0) is 55.8 Å². The van der Waals surface area contributed by atoms with E-state index in [2.05, 4.69) is 28.8 Å². The number of hydrogen-bond donors (Lipinski definition) is 0. The van der Waals surface area contributed by atoms with E-state index in [1.165, 1.54) is 0 Å². The number of para-hydroxylation sites is 1. The van der Waals surface area contributed by atoms with Gasteiger partial charge in [0.25, 0.3) is 0 Å². The molecule has 0 aliphatic rings. The van der Waals surface area contributed by atoms with E-state index >= 15 is 0 Å². The fourth-order valence-corrected chi connectivity index (χ4v) is 4.86. The van der Waals surface area contributed by atoms with Gasteiger partial charge in [-0.15, -0.1) is 0 Å². The lowest BCUT2D eigenvalue weighted by Crippen LogP contribution is -2.00. The van der Waals surface area contributed by atoms with Crippen LogP contribution in [0.3, 0.4) is 0 Å². The van der Waals surface area contributed by atoms with Crippen molar-refractivity contribution in [3.8, 4) is 22.6 Å². The van der Waals surface area contributed by atoms with E-state index in [0.717, 1.165) is 43.7 Å². The van der Waals surface area contributed by atoms with Crippen LogP contribution in [0.2, 0.25) is 0 Å². The maximum atomic E-state index is 12.8. The summed E-state index contributed by atoms with van der Waals surface area (Å²) in [5.41, 5.74) is 4.77. The van der Waals surface area contributed by atoms with Crippen LogP contribution in [0.1, 0.15) is 23.0 Å². The lowest BCUT2D eigenvalue weighted by Gasteiger charge is -2.13. The summed E-state index contributed by atoms with van der Waals surface area (Å²) in [6, 6.07) is 28.3. The molecule has 3 aromatic carbocycles. The van der Waals surface area contributed by atoms with Crippen molar-refractivity contribution in [3.63, 3.8) is 0 Å². The molecule has 3 nitrogen and oxygen atoms in total. The molecule has 0 aliphatic heterocycles. The fourth-order valence-electron chi connectivity index (χ4n) is 3.71. The van der Waals surface area contributed by atoms with Crippen molar-refractivity contribution in [1.82, 2.24) is 4.57 Å². The Balaban J connectivity index is 1.98. The van der Waals surface area contributed by atoms with Crippen LogP contribution in [0.25, 0.3) is 16.8 Å². The van der Waals surface area contributed by atoms with Crippen LogP contribution >= 0.6 is 11.8 Å². The molecule has 0 saturated carbocycles. The van der Waals surface area contributed by atoms with Gasteiger partial charge < -0.3 is 9.30 Å². The number of nitrogens with zero attached hydrogens (tertiary/aromatic N) is 1. The van der Waals surface area contributed by atoms with Gasteiger partial charge >= 0.3 is 0 Å². The molecule has 150 valence electrons. The Labute approximate surface area is 181 Å². The highest BCUT2D eigenvalue weighted by Gasteiger charge is 2.25. The Kier molecular flexibility index (Phi) is 5.77. The molecule has 0 atom stereocenters. The average molecular weight is 414 g/mol. The van der Waals surface area contributed by atoms with E-state index in [9.17, 15) is 4.79 Å². The van der Waals surface area contributed by atoms with Gasteiger partial charge in [0, 0.05) is 27.4 Å². The Hall–Kier alpha value is -3.24. The van der Waals surface area contributed by atoms with Crippen LogP contribution in [0.5, 0.6) is 5.75 Å². The van der Waals surface area contributed by atoms with E-state index in [1.54, 1.807) is 25.8 Å². The lowest BCUT2D eigenvalue weighted by atomic mass is 10.0. The fraction of sp³-hybridized carbons (Fsp3) is 0.115. The van der Waals surface area contributed by atoms with Crippen molar-refractivity contribution in [3.05, 3.63) is 96.2 Å². The van der Waals surface area contributed by atoms with E-state index in [4.69, 9.17) is 4.74 Å². The quantitative estimate of drug-likeness (QED) is 0.325. The van der Waals surface area contributed by atoms with Crippen LogP contribution in [-0.2, 0) is 0 Å². The standard InChI is InChI=1S/C26H23NO2S/c1-18-24(19(2)28)25(20-10-6-4-7-11-20)26(27(18)21-12-8-5-9-13-21)30-23-16-14-22(29-3)15-17-23/h4-17H,1-3H3. The molecule has 0 spiro atoms. The molecular formula is C26H23NO2S. The number of carbonyl (C=O) groups is 1. The zero-order valence-corrected chi connectivity index (χ0v) is 18.1. The average Bonchev–Trinajstić information content (AvgIpc) is 3.07. The van der Waals surface area contributed by atoms with E-state index in [1.807, 2.05) is 67.6 Å². The molecule has 4 heteroatoms. The van der Waals surface area contributed by atoms with Crippen LogP contribution < -0.4 is 4.74 Å². The molecule has 0 aliphatic carbocycles. The molecule has 4 rings (SSSR count). The minimum Gasteiger partial charge on any atom is -0.497 e. The molecule has 0 amide bonds. The third-order valence-corrected chi connectivity index (χ3v) is 6.15. The van der Waals surface area contributed by atoms with Gasteiger partial charge in [0.1, 0.15) is 5.75 Å². The Morgan fingerprint density at radius 2 is 1.47 bits per heavy atom. The topological polar surface area (TPSA) is 31.2 Å². The van der Waals surface area contributed by atoms with Crippen molar-refractivity contribution in [2.75, 3.05) is 7.11 Å². The Morgan fingerprint density at radius 1 is 0.867 bits per heavy atom. The summed E-state index contributed by atoms with van der Waals surface area (Å²) in [4.78, 5) is 13.8. The van der Waals surface area contributed by atoms with Crippen LogP contribution in [-0.4, -0.2) is 17.5 Å². The predicted octanol–water partition coefficient (Wildman–Crippen LogP) is 6.82. The lowest BCUT2D eigenvalue weighted by molar-refractivity contribution is 0.101. The highest BCUT2D eigenvalue weighted by molar-refractivity contribution is 7.99. The van der Waals surface area contributed by atoms with Crippen molar-refractivity contribution >= 4 is 17.5 Å². The molecule has 1 heterocycles. The van der Waals surface area contributed by atoms with Gasteiger partial charge in [0.05, 0.1) is 12.1 Å². The summed E-state index contributed by atoms with van der Waals surface area (Å²) in [6.45, 7) is 3.67. The van der Waals surface area contributed by atoms with Crippen molar-refractivity contribution in [2.24, 2.45) is 0 Å². The molecule has 0 radical (unpaired) electrons. The van der Waals surface area contributed by atoms with Gasteiger partial charge in [0.15, 0.2) is 5.78 Å². The van der Waals surface area contributed by atoms with E-state index in [0.29, 0.717) is 0 Å². The van der Waals surface area contributed by atoms with Crippen molar-refractivity contribution < 1.29 is 9.53 Å². The number of benzene rings is 3. The highest BCUT2D eigenvalue weighted by atomic mass is 32.2.